The number of hydrogen-bond acceptors (Lipinski definition) is 3. The van der Waals surface area contributed by atoms with Gasteiger partial charge in [0.2, 0.25) is 0 Å². The van der Waals surface area contributed by atoms with Gasteiger partial charge in [-0.15, -0.1) is 0 Å². The second-order valence-corrected chi connectivity index (χ2v) is 7.60. The van der Waals surface area contributed by atoms with Crippen LogP contribution < -0.4 is 5.32 Å². The zero-order chi connectivity index (χ0) is 14.1. The molecule has 112 valence electrons. The Morgan fingerprint density at radius 3 is 2.58 bits per heavy atom. The SMILES string of the molecule is CNC1CCC(C)(C)CC1N1CCCC(C)(OC)C1. The molecule has 0 aromatic rings. The Morgan fingerprint density at radius 2 is 1.95 bits per heavy atom. The summed E-state index contributed by atoms with van der Waals surface area (Å²) in [5, 5.41) is 3.55. The summed E-state index contributed by atoms with van der Waals surface area (Å²) in [6.07, 6.45) is 6.40. The molecule has 1 N–H and O–H groups in total. The minimum absolute atomic E-state index is 0.0537. The van der Waals surface area contributed by atoms with Gasteiger partial charge in [0.1, 0.15) is 0 Å². The van der Waals surface area contributed by atoms with Crippen molar-refractivity contribution in [2.75, 3.05) is 27.2 Å². The molecule has 3 atom stereocenters. The van der Waals surface area contributed by atoms with Crippen LogP contribution in [0.3, 0.4) is 0 Å². The fraction of sp³-hybridized carbons (Fsp3) is 1.00. The van der Waals surface area contributed by atoms with Crippen LogP contribution in [0.25, 0.3) is 0 Å². The number of ether oxygens (including phenoxy) is 1. The molecule has 0 spiro atoms. The number of piperidine rings is 1. The first-order valence-electron chi connectivity index (χ1n) is 7.86. The number of likely N-dealkylation sites (N-methyl/N-ethyl adjacent to an activating group) is 1. The Morgan fingerprint density at radius 1 is 1.21 bits per heavy atom. The van der Waals surface area contributed by atoms with Crippen molar-refractivity contribution in [2.45, 2.75) is 70.6 Å². The molecular formula is C16H32N2O. The zero-order valence-electron chi connectivity index (χ0n) is 13.5. The van der Waals surface area contributed by atoms with Crippen LogP contribution in [0.5, 0.6) is 0 Å². The molecule has 1 aliphatic heterocycles. The summed E-state index contributed by atoms with van der Waals surface area (Å²) >= 11 is 0. The van der Waals surface area contributed by atoms with Gasteiger partial charge in [-0.2, -0.15) is 0 Å². The summed E-state index contributed by atoms with van der Waals surface area (Å²) in [5.74, 6) is 0. The molecule has 19 heavy (non-hydrogen) atoms. The highest BCUT2D eigenvalue weighted by atomic mass is 16.5. The van der Waals surface area contributed by atoms with Crippen LogP contribution in [-0.4, -0.2) is 49.8 Å². The van der Waals surface area contributed by atoms with Gasteiger partial charge in [-0.1, -0.05) is 13.8 Å². The van der Waals surface area contributed by atoms with Gasteiger partial charge < -0.3 is 10.1 Å². The molecule has 1 saturated heterocycles. The van der Waals surface area contributed by atoms with E-state index in [1.54, 1.807) is 0 Å². The molecule has 3 nitrogen and oxygen atoms in total. The number of nitrogens with one attached hydrogen (secondary N) is 1. The highest BCUT2D eigenvalue weighted by Gasteiger charge is 2.41. The third-order valence-corrected chi connectivity index (χ3v) is 5.38. The Balaban J connectivity index is 2.08. The number of methoxy groups -OCH3 is 1. The van der Waals surface area contributed by atoms with E-state index >= 15 is 0 Å². The quantitative estimate of drug-likeness (QED) is 0.851. The van der Waals surface area contributed by atoms with Crippen molar-refractivity contribution in [1.29, 1.82) is 0 Å². The lowest BCUT2D eigenvalue weighted by Crippen LogP contribution is -2.59. The minimum Gasteiger partial charge on any atom is -0.377 e. The summed E-state index contributed by atoms with van der Waals surface area (Å²) in [7, 11) is 3.99. The molecule has 0 aromatic heterocycles. The summed E-state index contributed by atoms with van der Waals surface area (Å²) < 4.78 is 5.76. The van der Waals surface area contributed by atoms with Crippen molar-refractivity contribution < 1.29 is 4.74 Å². The van der Waals surface area contributed by atoms with Crippen LogP contribution in [0.4, 0.5) is 0 Å². The maximum Gasteiger partial charge on any atom is 0.0777 e. The first-order valence-corrected chi connectivity index (χ1v) is 7.86. The molecule has 2 aliphatic rings. The monoisotopic (exact) mass is 268 g/mol. The van der Waals surface area contributed by atoms with E-state index in [1.807, 2.05) is 7.11 Å². The van der Waals surface area contributed by atoms with Gasteiger partial charge in [-0.3, -0.25) is 4.90 Å². The molecule has 3 heteroatoms. The third-order valence-electron chi connectivity index (χ3n) is 5.38. The van der Waals surface area contributed by atoms with E-state index in [9.17, 15) is 0 Å². The lowest BCUT2D eigenvalue weighted by Gasteiger charge is -2.50. The van der Waals surface area contributed by atoms with Crippen LogP contribution in [0.1, 0.15) is 52.9 Å². The van der Waals surface area contributed by atoms with Crippen molar-refractivity contribution in [1.82, 2.24) is 10.2 Å². The minimum atomic E-state index is 0.0537. The molecule has 3 unspecified atom stereocenters. The predicted octanol–water partition coefficient (Wildman–Crippen LogP) is 2.65. The Bertz CT molecular complexity index is 305. The van der Waals surface area contributed by atoms with E-state index in [4.69, 9.17) is 4.74 Å². The average Bonchev–Trinajstić information content (AvgIpc) is 2.38. The van der Waals surface area contributed by atoms with E-state index in [0.717, 1.165) is 6.54 Å². The molecule has 1 saturated carbocycles. The largest absolute Gasteiger partial charge is 0.377 e. The molecule has 2 rings (SSSR count). The van der Waals surface area contributed by atoms with Gasteiger partial charge in [0, 0.05) is 25.7 Å². The molecular weight excluding hydrogens is 236 g/mol. The fourth-order valence-corrected chi connectivity index (χ4v) is 3.96. The van der Waals surface area contributed by atoms with Crippen molar-refractivity contribution in [3.63, 3.8) is 0 Å². The lowest BCUT2D eigenvalue weighted by molar-refractivity contribution is -0.0743. The molecule has 0 radical (unpaired) electrons. The Hall–Kier alpha value is -0.120. The Labute approximate surface area is 119 Å². The van der Waals surface area contributed by atoms with Crippen LogP contribution >= 0.6 is 0 Å². The molecule has 1 heterocycles. The van der Waals surface area contributed by atoms with Crippen LogP contribution in [0.15, 0.2) is 0 Å². The third kappa shape index (κ3) is 3.50. The zero-order valence-corrected chi connectivity index (χ0v) is 13.5. The van der Waals surface area contributed by atoms with Crippen LogP contribution in [0, 0.1) is 5.41 Å². The van der Waals surface area contributed by atoms with Crippen LogP contribution in [0.2, 0.25) is 0 Å². The lowest BCUT2D eigenvalue weighted by atomic mass is 9.72. The van der Waals surface area contributed by atoms with Crippen molar-refractivity contribution in [2.24, 2.45) is 5.41 Å². The summed E-state index contributed by atoms with van der Waals surface area (Å²) in [6.45, 7) is 9.43. The molecule has 0 bridgehead atoms. The predicted molar refractivity (Wildman–Crippen MR) is 80.5 cm³/mol. The molecule has 1 aliphatic carbocycles. The maximum atomic E-state index is 5.76. The van der Waals surface area contributed by atoms with Gasteiger partial charge in [0.25, 0.3) is 0 Å². The van der Waals surface area contributed by atoms with Gasteiger partial charge in [0.05, 0.1) is 5.60 Å². The van der Waals surface area contributed by atoms with E-state index in [1.165, 1.54) is 38.6 Å². The van der Waals surface area contributed by atoms with Gasteiger partial charge in [0.15, 0.2) is 0 Å². The smallest absolute Gasteiger partial charge is 0.0777 e. The van der Waals surface area contributed by atoms with Gasteiger partial charge in [-0.25, -0.2) is 0 Å². The van der Waals surface area contributed by atoms with Gasteiger partial charge >= 0.3 is 0 Å². The standard InChI is InChI=1S/C16H32N2O/c1-15(2)9-7-13(17-4)14(11-15)18-10-6-8-16(3,12-18)19-5/h13-14,17H,6-12H2,1-5H3. The molecule has 0 aromatic carbocycles. The summed E-state index contributed by atoms with van der Waals surface area (Å²) in [5.41, 5.74) is 0.539. The topological polar surface area (TPSA) is 24.5 Å². The van der Waals surface area contributed by atoms with Crippen molar-refractivity contribution in [3.8, 4) is 0 Å². The number of likely N-dealkylation sites (tertiary alicyclic amines) is 1. The first-order chi connectivity index (χ1) is 8.89. The van der Waals surface area contributed by atoms with Gasteiger partial charge in [-0.05, 0) is 58.0 Å². The molecule has 2 fully saturated rings. The maximum absolute atomic E-state index is 5.76. The second kappa shape index (κ2) is 5.71. The Kier molecular flexibility index (Phi) is 4.59. The van der Waals surface area contributed by atoms with E-state index < -0.39 is 0 Å². The first kappa shape index (κ1) is 15.3. The number of hydrogen-bond donors (Lipinski definition) is 1. The van der Waals surface area contributed by atoms with Crippen molar-refractivity contribution in [3.05, 3.63) is 0 Å². The molecule has 0 amide bonds. The van der Waals surface area contributed by atoms with Crippen LogP contribution in [-0.2, 0) is 4.74 Å². The van der Waals surface area contributed by atoms with E-state index in [0.29, 0.717) is 17.5 Å². The van der Waals surface area contributed by atoms with E-state index in [2.05, 4.69) is 38.0 Å². The summed E-state index contributed by atoms with van der Waals surface area (Å²) in [4.78, 5) is 2.69. The van der Waals surface area contributed by atoms with E-state index in [-0.39, 0.29) is 5.60 Å². The van der Waals surface area contributed by atoms with Crippen molar-refractivity contribution >= 4 is 0 Å². The normalized spacial score (nSPS) is 40.3. The fourth-order valence-electron chi connectivity index (χ4n) is 3.96. The number of rotatable bonds is 3. The highest BCUT2D eigenvalue weighted by Crippen LogP contribution is 2.39. The highest BCUT2D eigenvalue weighted by molar-refractivity contribution is 4.97. The number of nitrogens with zero attached hydrogens (tertiary/aromatic N) is 1. The average molecular weight is 268 g/mol. The second-order valence-electron chi connectivity index (χ2n) is 7.60. The summed E-state index contributed by atoms with van der Waals surface area (Å²) in [6, 6.07) is 1.32.